The number of carbonyl (C=O) groups excluding carboxylic acids is 1. The van der Waals surface area contributed by atoms with E-state index in [0.717, 1.165) is 9.79 Å². The number of nitrogens with zero attached hydrogens (tertiary/aromatic N) is 1. The van der Waals surface area contributed by atoms with E-state index < -0.39 is 0 Å². The van der Waals surface area contributed by atoms with E-state index in [1.165, 1.54) is 34.9 Å². The standard InChI is InChI=1S/C20H17NO3S4/c22-16(13-26-18-9-5-2-6-10-18)14-28-20-19(21(23)24)15(12-27-20)11-25-17-7-3-1-4-8-17/h1-10,12H,11,13-14H2. The van der Waals surface area contributed by atoms with Gasteiger partial charge in [-0.3, -0.25) is 14.9 Å². The molecule has 3 rings (SSSR count). The minimum absolute atomic E-state index is 0.0711. The molecule has 1 aromatic heterocycles. The summed E-state index contributed by atoms with van der Waals surface area (Å²) >= 11 is 5.67. The van der Waals surface area contributed by atoms with Gasteiger partial charge in [0.05, 0.1) is 22.0 Å². The minimum atomic E-state index is -0.330. The molecule has 0 radical (unpaired) electrons. The summed E-state index contributed by atoms with van der Waals surface area (Å²) in [5.74, 6) is 1.22. The largest absolute Gasteiger partial charge is 0.298 e. The maximum Gasteiger partial charge on any atom is 0.297 e. The highest BCUT2D eigenvalue weighted by Crippen LogP contribution is 2.40. The number of thiophene rings is 1. The SMILES string of the molecule is O=C(CSc1ccccc1)CSc1scc(CSc2ccccc2)c1[N+](=O)[O-]. The van der Waals surface area contributed by atoms with Gasteiger partial charge in [0, 0.05) is 20.9 Å². The fourth-order valence-electron chi connectivity index (χ4n) is 2.31. The van der Waals surface area contributed by atoms with Crippen molar-refractivity contribution < 1.29 is 9.72 Å². The van der Waals surface area contributed by atoms with Crippen LogP contribution in [0.4, 0.5) is 5.69 Å². The Morgan fingerprint density at radius 1 is 0.893 bits per heavy atom. The number of nitro groups is 1. The summed E-state index contributed by atoms with van der Waals surface area (Å²) in [5.41, 5.74) is 0.847. The van der Waals surface area contributed by atoms with E-state index in [1.54, 1.807) is 11.8 Å². The molecule has 8 heteroatoms. The summed E-state index contributed by atoms with van der Waals surface area (Å²) in [6.45, 7) is 0. The molecule has 3 aromatic rings. The molecular weight excluding hydrogens is 430 g/mol. The monoisotopic (exact) mass is 447 g/mol. The Balaban J connectivity index is 1.56. The van der Waals surface area contributed by atoms with Crippen molar-refractivity contribution in [3.05, 3.63) is 81.7 Å². The number of hydrogen-bond donors (Lipinski definition) is 0. The molecule has 0 amide bonds. The van der Waals surface area contributed by atoms with Crippen LogP contribution >= 0.6 is 46.6 Å². The lowest BCUT2D eigenvalue weighted by atomic mass is 10.3. The number of carbonyl (C=O) groups is 1. The summed E-state index contributed by atoms with van der Waals surface area (Å²) in [6, 6.07) is 19.6. The van der Waals surface area contributed by atoms with Crippen molar-refractivity contribution in [1.82, 2.24) is 0 Å². The molecular formula is C20H17NO3S4. The highest BCUT2D eigenvalue weighted by atomic mass is 32.2. The highest BCUT2D eigenvalue weighted by molar-refractivity contribution is 8.02. The first-order chi connectivity index (χ1) is 13.6. The molecule has 0 bridgehead atoms. The first kappa shape index (κ1) is 21.0. The minimum Gasteiger partial charge on any atom is -0.298 e. The first-order valence-corrected chi connectivity index (χ1v) is 12.2. The average Bonchev–Trinajstić information content (AvgIpc) is 3.14. The molecule has 0 aliphatic carbocycles. The van der Waals surface area contributed by atoms with E-state index in [9.17, 15) is 14.9 Å². The Labute approximate surface area is 180 Å². The molecule has 0 saturated carbocycles. The van der Waals surface area contributed by atoms with Crippen LogP contribution in [0.5, 0.6) is 0 Å². The Morgan fingerprint density at radius 2 is 1.46 bits per heavy atom. The van der Waals surface area contributed by atoms with Crippen molar-refractivity contribution in [1.29, 1.82) is 0 Å². The Kier molecular flexibility index (Phi) is 8.02. The van der Waals surface area contributed by atoms with Gasteiger partial charge in [0.15, 0.2) is 5.78 Å². The maximum absolute atomic E-state index is 12.2. The van der Waals surface area contributed by atoms with Crippen molar-refractivity contribution in [3.8, 4) is 0 Å². The average molecular weight is 448 g/mol. The molecule has 0 N–H and O–H groups in total. The van der Waals surface area contributed by atoms with E-state index in [-0.39, 0.29) is 22.1 Å². The van der Waals surface area contributed by atoms with Gasteiger partial charge in [-0.05, 0) is 24.3 Å². The molecule has 0 spiro atoms. The van der Waals surface area contributed by atoms with Gasteiger partial charge in [0.2, 0.25) is 0 Å². The quantitative estimate of drug-likeness (QED) is 0.203. The predicted molar refractivity (Wildman–Crippen MR) is 120 cm³/mol. The molecule has 0 unspecified atom stereocenters. The molecule has 28 heavy (non-hydrogen) atoms. The summed E-state index contributed by atoms with van der Waals surface area (Å²) in [7, 11) is 0. The van der Waals surface area contributed by atoms with E-state index in [0.29, 0.717) is 21.3 Å². The van der Waals surface area contributed by atoms with E-state index in [2.05, 4.69) is 0 Å². The van der Waals surface area contributed by atoms with Crippen LogP contribution in [0.25, 0.3) is 0 Å². The molecule has 0 saturated heterocycles. The molecule has 1 heterocycles. The van der Waals surface area contributed by atoms with Crippen LogP contribution in [-0.2, 0) is 10.5 Å². The lowest BCUT2D eigenvalue weighted by Crippen LogP contribution is -2.04. The summed E-state index contributed by atoms with van der Waals surface area (Å²) in [5, 5.41) is 13.4. The van der Waals surface area contributed by atoms with Crippen molar-refractivity contribution >= 4 is 58.1 Å². The second-order valence-corrected chi connectivity index (χ2v) is 9.91. The summed E-state index contributed by atoms with van der Waals surface area (Å²) in [4.78, 5) is 25.5. The van der Waals surface area contributed by atoms with Gasteiger partial charge in [-0.15, -0.1) is 46.6 Å². The topological polar surface area (TPSA) is 60.2 Å². The van der Waals surface area contributed by atoms with E-state index >= 15 is 0 Å². The third-order valence-electron chi connectivity index (χ3n) is 3.63. The van der Waals surface area contributed by atoms with Crippen LogP contribution in [0.3, 0.4) is 0 Å². The Bertz CT molecular complexity index is 929. The van der Waals surface area contributed by atoms with Gasteiger partial charge in [-0.25, -0.2) is 0 Å². The van der Waals surface area contributed by atoms with Crippen LogP contribution in [0.1, 0.15) is 5.56 Å². The Hall–Kier alpha value is -1.74. The lowest BCUT2D eigenvalue weighted by Gasteiger charge is -2.02. The Morgan fingerprint density at radius 3 is 2.07 bits per heavy atom. The fourth-order valence-corrected chi connectivity index (χ4v) is 6.31. The number of ketones is 1. The molecule has 0 atom stereocenters. The van der Waals surface area contributed by atoms with Crippen LogP contribution < -0.4 is 0 Å². The van der Waals surface area contributed by atoms with Crippen molar-refractivity contribution in [3.63, 3.8) is 0 Å². The fraction of sp³-hybridized carbons (Fsp3) is 0.150. The van der Waals surface area contributed by atoms with Crippen molar-refractivity contribution in [2.24, 2.45) is 0 Å². The summed E-state index contributed by atoms with van der Waals surface area (Å²) in [6.07, 6.45) is 0. The number of Topliss-reactive ketones (excluding diaryl/α,β-unsaturated/α-hetero) is 1. The second kappa shape index (κ2) is 10.7. The van der Waals surface area contributed by atoms with Gasteiger partial charge in [0.25, 0.3) is 5.69 Å². The van der Waals surface area contributed by atoms with Gasteiger partial charge in [-0.1, -0.05) is 36.4 Å². The van der Waals surface area contributed by atoms with Crippen LogP contribution in [0.15, 0.2) is 80.0 Å². The maximum atomic E-state index is 12.2. The van der Waals surface area contributed by atoms with Crippen molar-refractivity contribution in [2.75, 3.05) is 11.5 Å². The molecule has 2 aromatic carbocycles. The molecule has 144 valence electrons. The van der Waals surface area contributed by atoms with Gasteiger partial charge >= 0.3 is 0 Å². The lowest BCUT2D eigenvalue weighted by molar-refractivity contribution is -0.387. The molecule has 0 aliphatic rings. The number of benzene rings is 2. The zero-order valence-corrected chi connectivity index (χ0v) is 18.0. The van der Waals surface area contributed by atoms with Crippen LogP contribution in [0.2, 0.25) is 0 Å². The third-order valence-corrected chi connectivity index (χ3v) is 8.14. The third kappa shape index (κ3) is 6.13. The first-order valence-electron chi connectivity index (χ1n) is 8.38. The molecule has 0 fully saturated rings. The zero-order valence-electron chi connectivity index (χ0n) is 14.8. The molecule has 0 aliphatic heterocycles. The number of rotatable bonds is 10. The van der Waals surface area contributed by atoms with Gasteiger partial charge < -0.3 is 0 Å². The second-order valence-electron chi connectivity index (χ2n) is 5.68. The van der Waals surface area contributed by atoms with E-state index in [1.807, 2.05) is 66.0 Å². The number of thioether (sulfide) groups is 3. The van der Waals surface area contributed by atoms with Gasteiger partial charge in [0.1, 0.15) is 4.21 Å². The van der Waals surface area contributed by atoms with Crippen LogP contribution in [-0.4, -0.2) is 22.2 Å². The predicted octanol–water partition coefficient (Wildman–Crippen LogP) is 6.40. The smallest absolute Gasteiger partial charge is 0.297 e. The summed E-state index contributed by atoms with van der Waals surface area (Å²) < 4.78 is 0.603. The molecule has 4 nitrogen and oxygen atoms in total. The number of hydrogen-bond acceptors (Lipinski definition) is 7. The highest BCUT2D eigenvalue weighted by Gasteiger charge is 2.23. The van der Waals surface area contributed by atoms with Gasteiger partial charge in [-0.2, -0.15) is 0 Å². The van der Waals surface area contributed by atoms with Crippen LogP contribution in [0, 0.1) is 10.1 Å². The van der Waals surface area contributed by atoms with Crippen molar-refractivity contribution in [2.45, 2.75) is 19.8 Å². The van der Waals surface area contributed by atoms with E-state index in [4.69, 9.17) is 0 Å². The normalized spacial score (nSPS) is 10.7. The zero-order chi connectivity index (χ0) is 19.8.